The lowest BCUT2D eigenvalue weighted by molar-refractivity contribution is -0.383. The summed E-state index contributed by atoms with van der Waals surface area (Å²) in [4.78, 5) is 22.9. The van der Waals surface area contributed by atoms with Crippen molar-refractivity contribution in [2.24, 2.45) is 0 Å². The summed E-state index contributed by atoms with van der Waals surface area (Å²) in [5, 5.41) is 14.0. The van der Waals surface area contributed by atoms with Gasteiger partial charge in [-0.1, -0.05) is 55.1 Å². The van der Waals surface area contributed by atoms with Gasteiger partial charge in [-0.05, 0) is 24.6 Å². The second-order valence-corrected chi connectivity index (χ2v) is 6.37. The number of unbranched alkanes of at least 4 members (excludes halogenated alkanes) is 2. The molecule has 0 fully saturated rings. The Morgan fingerprint density at radius 1 is 1.19 bits per heavy atom. The van der Waals surface area contributed by atoms with Crippen LogP contribution >= 0.6 is 23.2 Å². The van der Waals surface area contributed by atoms with Gasteiger partial charge >= 0.3 is 0 Å². The summed E-state index contributed by atoms with van der Waals surface area (Å²) in [5.74, 6) is -0.229. The van der Waals surface area contributed by atoms with E-state index in [1.54, 1.807) is 6.07 Å². The van der Waals surface area contributed by atoms with Crippen LogP contribution in [0.4, 0.5) is 11.4 Å². The van der Waals surface area contributed by atoms with Gasteiger partial charge in [-0.15, -0.1) is 0 Å². The second-order valence-electron chi connectivity index (χ2n) is 5.55. The Balaban J connectivity index is 2.16. The first-order chi connectivity index (χ1) is 12.4. The third-order valence-electron chi connectivity index (χ3n) is 3.60. The second kappa shape index (κ2) is 9.40. The minimum Gasteiger partial charge on any atom is -0.490 e. The number of carbonyl (C=O) groups excluding carboxylic acids is 1. The average molecular weight is 397 g/mol. The van der Waals surface area contributed by atoms with Gasteiger partial charge in [0.15, 0.2) is 5.75 Å². The summed E-state index contributed by atoms with van der Waals surface area (Å²) in [5.41, 5.74) is 0.0719. The van der Waals surface area contributed by atoms with Crippen LogP contribution in [0.2, 0.25) is 10.0 Å². The zero-order valence-electron chi connectivity index (χ0n) is 14.1. The smallest absolute Gasteiger partial charge is 0.292 e. The van der Waals surface area contributed by atoms with Crippen molar-refractivity contribution in [1.29, 1.82) is 0 Å². The number of halogens is 2. The number of hydrogen-bond acceptors (Lipinski definition) is 4. The number of nitrogens with zero attached hydrogens (tertiary/aromatic N) is 1. The van der Waals surface area contributed by atoms with Crippen LogP contribution in [0.3, 0.4) is 0 Å². The molecule has 138 valence electrons. The van der Waals surface area contributed by atoms with E-state index in [0.717, 1.165) is 19.3 Å². The molecule has 0 aliphatic heterocycles. The molecule has 26 heavy (non-hydrogen) atoms. The van der Waals surface area contributed by atoms with E-state index in [-0.39, 0.29) is 27.0 Å². The van der Waals surface area contributed by atoms with Crippen molar-refractivity contribution in [2.45, 2.75) is 26.2 Å². The van der Waals surface area contributed by atoms with Crippen LogP contribution in [-0.2, 0) is 0 Å². The van der Waals surface area contributed by atoms with Gasteiger partial charge in [0.2, 0.25) is 0 Å². The Morgan fingerprint density at radius 3 is 2.46 bits per heavy atom. The number of nitro benzene ring substituents is 1. The maximum absolute atomic E-state index is 12.4. The van der Waals surface area contributed by atoms with Crippen LogP contribution in [0.25, 0.3) is 0 Å². The lowest BCUT2D eigenvalue weighted by Gasteiger charge is -2.12. The number of nitro groups is 1. The summed E-state index contributed by atoms with van der Waals surface area (Å²) in [6.07, 6.45) is 2.98. The first-order valence-corrected chi connectivity index (χ1v) is 8.86. The van der Waals surface area contributed by atoms with Crippen LogP contribution < -0.4 is 10.1 Å². The zero-order valence-corrected chi connectivity index (χ0v) is 15.6. The molecule has 1 amide bonds. The van der Waals surface area contributed by atoms with E-state index >= 15 is 0 Å². The van der Waals surface area contributed by atoms with Crippen molar-refractivity contribution in [3.8, 4) is 5.75 Å². The number of hydrogen-bond donors (Lipinski definition) is 1. The highest BCUT2D eigenvalue weighted by atomic mass is 35.5. The fourth-order valence-electron chi connectivity index (χ4n) is 2.29. The van der Waals surface area contributed by atoms with Crippen LogP contribution in [-0.4, -0.2) is 17.4 Å². The Labute approximate surface area is 161 Å². The molecule has 0 heterocycles. The molecule has 1 N–H and O–H groups in total. The van der Waals surface area contributed by atoms with Gasteiger partial charge in [-0.3, -0.25) is 14.9 Å². The highest BCUT2D eigenvalue weighted by molar-refractivity contribution is 6.37. The predicted molar refractivity (Wildman–Crippen MR) is 103 cm³/mol. The zero-order chi connectivity index (χ0) is 19.1. The minimum atomic E-state index is -0.567. The number of nitrogens with one attached hydrogen (secondary N) is 1. The molecular weight excluding hydrogens is 379 g/mol. The monoisotopic (exact) mass is 396 g/mol. The molecule has 2 aromatic carbocycles. The molecule has 0 radical (unpaired) electrons. The third-order valence-corrected chi connectivity index (χ3v) is 4.17. The van der Waals surface area contributed by atoms with Crippen molar-refractivity contribution in [3.05, 3.63) is 62.1 Å². The number of carbonyl (C=O) groups is 1. The summed E-state index contributed by atoms with van der Waals surface area (Å²) in [6.45, 7) is 2.57. The van der Waals surface area contributed by atoms with Crippen molar-refractivity contribution in [2.75, 3.05) is 11.9 Å². The predicted octanol–water partition coefficient (Wildman–Crippen LogP) is 5.72. The van der Waals surface area contributed by atoms with E-state index < -0.39 is 10.8 Å². The van der Waals surface area contributed by atoms with Crippen LogP contribution in [0.15, 0.2) is 36.4 Å². The fourth-order valence-corrected chi connectivity index (χ4v) is 2.88. The normalized spacial score (nSPS) is 10.4. The largest absolute Gasteiger partial charge is 0.490 e. The quantitative estimate of drug-likeness (QED) is 0.351. The molecule has 8 heteroatoms. The standard InChI is InChI=1S/C18H18Cl2N2O4/c1-2-3-6-9-26-17-13(19)10-12(11-14(17)20)18(23)21-15-7-4-5-8-16(15)22(24)25/h4-5,7-8,10-11H,2-3,6,9H2,1H3,(H,21,23). The SMILES string of the molecule is CCCCCOc1c(Cl)cc(C(=O)Nc2ccccc2[N+](=O)[O-])cc1Cl. The van der Waals surface area contributed by atoms with E-state index in [4.69, 9.17) is 27.9 Å². The van der Waals surface area contributed by atoms with Crippen molar-refractivity contribution in [3.63, 3.8) is 0 Å². The Morgan fingerprint density at radius 2 is 1.85 bits per heavy atom. The molecule has 0 unspecified atom stereocenters. The van der Waals surface area contributed by atoms with Gasteiger partial charge in [-0.25, -0.2) is 0 Å². The molecule has 0 saturated heterocycles. The van der Waals surface area contributed by atoms with E-state index in [9.17, 15) is 14.9 Å². The fraction of sp³-hybridized carbons (Fsp3) is 0.278. The molecule has 0 spiro atoms. The first kappa shape index (κ1) is 20.0. The number of rotatable bonds is 8. The molecule has 6 nitrogen and oxygen atoms in total. The molecule has 2 aromatic rings. The van der Waals surface area contributed by atoms with Gasteiger partial charge in [-0.2, -0.15) is 0 Å². The van der Waals surface area contributed by atoms with Gasteiger partial charge < -0.3 is 10.1 Å². The lowest BCUT2D eigenvalue weighted by atomic mass is 10.2. The first-order valence-electron chi connectivity index (χ1n) is 8.10. The Kier molecular flexibility index (Phi) is 7.24. The molecular formula is C18H18Cl2N2O4. The van der Waals surface area contributed by atoms with Crippen LogP contribution in [0, 0.1) is 10.1 Å². The number of ether oxygens (including phenoxy) is 1. The topological polar surface area (TPSA) is 81.5 Å². The van der Waals surface area contributed by atoms with Crippen molar-refractivity contribution >= 4 is 40.5 Å². The van der Waals surface area contributed by atoms with Crippen molar-refractivity contribution in [1.82, 2.24) is 0 Å². The van der Waals surface area contributed by atoms with Gasteiger partial charge in [0.1, 0.15) is 5.69 Å². The molecule has 0 bridgehead atoms. The van der Waals surface area contributed by atoms with E-state index in [0.29, 0.717) is 12.4 Å². The maximum Gasteiger partial charge on any atom is 0.292 e. The van der Waals surface area contributed by atoms with Crippen LogP contribution in [0.5, 0.6) is 5.75 Å². The molecule has 0 atom stereocenters. The highest BCUT2D eigenvalue weighted by Gasteiger charge is 2.18. The molecule has 0 aromatic heterocycles. The summed E-state index contributed by atoms with van der Waals surface area (Å²) >= 11 is 12.4. The number of amides is 1. The number of para-hydroxylation sites is 2. The Bertz CT molecular complexity index is 789. The average Bonchev–Trinajstić information content (AvgIpc) is 2.60. The third kappa shape index (κ3) is 5.09. The van der Waals surface area contributed by atoms with Gasteiger partial charge in [0.25, 0.3) is 11.6 Å². The maximum atomic E-state index is 12.4. The highest BCUT2D eigenvalue weighted by Crippen LogP contribution is 2.35. The van der Waals surface area contributed by atoms with E-state index in [1.807, 2.05) is 0 Å². The van der Waals surface area contributed by atoms with Crippen molar-refractivity contribution < 1.29 is 14.5 Å². The summed E-state index contributed by atoms with van der Waals surface area (Å²) in [7, 11) is 0. The van der Waals surface area contributed by atoms with Crippen LogP contribution in [0.1, 0.15) is 36.5 Å². The van der Waals surface area contributed by atoms with Gasteiger partial charge in [0.05, 0.1) is 21.6 Å². The summed E-state index contributed by atoms with van der Waals surface area (Å²) < 4.78 is 5.59. The summed E-state index contributed by atoms with van der Waals surface area (Å²) in [6, 6.07) is 8.72. The molecule has 0 saturated carbocycles. The van der Waals surface area contributed by atoms with Gasteiger partial charge in [0, 0.05) is 11.6 Å². The van der Waals surface area contributed by atoms with E-state index in [1.165, 1.54) is 30.3 Å². The molecule has 0 aliphatic rings. The minimum absolute atomic E-state index is 0.0923. The lowest BCUT2D eigenvalue weighted by Crippen LogP contribution is -2.13. The Hall–Kier alpha value is -2.31. The number of benzene rings is 2. The molecule has 0 aliphatic carbocycles. The molecule has 2 rings (SSSR count). The van der Waals surface area contributed by atoms with E-state index in [2.05, 4.69) is 12.2 Å². The number of anilines is 1.